The minimum atomic E-state index is 0.00985. The first kappa shape index (κ1) is 28.2. The maximum absolute atomic E-state index is 13.0. The Labute approximate surface area is 241 Å². The average Bonchev–Trinajstić information content (AvgIpc) is 3.67. The van der Waals surface area contributed by atoms with Crippen LogP contribution in [0.15, 0.2) is 49.1 Å². The van der Waals surface area contributed by atoms with Crippen molar-refractivity contribution in [3.8, 4) is 17.1 Å². The number of hydrogen-bond acceptors (Lipinski definition) is 9. The zero-order valence-corrected chi connectivity index (χ0v) is 24.8. The third-order valence-electron chi connectivity index (χ3n) is 7.62. The normalized spacial score (nSPS) is 13.4. The van der Waals surface area contributed by atoms with Crippen LogP contribution in [-0.4, -0.2) is 69.7 Å². The lowest BCUT2D eigenvalue weighted by atomic mass is 10.1. The third-order valence-corrected chi connectivity index (χ3v) is 7.62. The highest BCUT2D eigenvalue weighted by Gasteiger charge is 2.23. The van der Waals surface area contributed by atoms with E-state index in [2.05, 4.69) is 28.0 Å². The number of aryl methyl sites for hydroxylation is 2. The Morgan fingerprint density at radius 2 is 1.80 bits per heavy atom. The predicted octanol–water partition coefficient (Wildman–Crippen LogP) is 5.31. The maximum atomic E-state index is 13.0. The summed E-state index contributed by atoms with van der Waals surface area (Å²) >= 11 is 0. The maximum Gasteiger partial charge on any atom is 0.184 e. The average molecular weight is 555 g/mol. The van der Waals surface area contributed by atoms with E-state index in [4.69, 9.17) is 14.7 Å². The summed E-state index contributed by atoms with van der Waals surface area (Å²) in [4.78, 5) is 33.4. The van der Waals surface area contributed by atoms with Crippen LogP contribution in [-0.2, 0) is 13.6 Å². The summed E-state index contributed by atoms with van der Waals surface area (Å²) in [5.74, 6) is 2.70. The number of pyridine rings is 2. The number of aromatic nitrogens is 5. The molecule has 0 spiro atoms. The van der Waals surface area contributed by atoms with Crippen LogP contribution in [0, 0.1) is 6.92 Å². The highest BCUT2D eigenvalue weighted by Crippen LogP contribution is 2.41. The Bertz CT molecular complexity index is 1540. The Morgan fingerprint density at radius 1 is 1.02 bits per heavy atom. The molecular formula is C31H38N8O2. The SMILES string of the molecule is CCC(=O)c1cnc(N(C)c2ncc(CN3CCCC3)cc2C)cc1N(C)c1cccc(-c2ncn(C)n2)c1OC. The van der Waals surface area contributed by atoms with Gasteiger partial charge in [-0.2, -0.15) is 5.10 Å². The molecule has 1 aliphatic heterocycles. The smallest absolute Gasteiger partial charge is 0.184 e. The molecule has 0 bridgehead atoms. The number of para-hydroxylation sites is 1. The molecule has 0 radical (unpaired) electrons. The van der Waals surface area contributed by atoms with Gasteiger partial charge in [0.15, 0.2) is 17.4 Å². The van der Waals surface area contributed by atoms with Gasteiger partial charge in [0.05, 0.1) is 29.6 Å². The van der Waals surface area contributed by atoms with Gasteiger partial charge in [-0.05, 0) is 62.2 Å². The summed E-state index contributed by atoms with van der Waals surface area (Å²) in [6, 6.07) is 9.97. The van der Waals surface area contributed by atoms with E-state index in [-0.39, 0.29) is 5.78 Å². The number of benzene rings is 1. The standard InChI is InChI=1S/C31H38N8O2/c1-7-27(40)24-18-32-28(38(5)31-21(2)15-22(17-33-31)19-39-13-8-9-14-39)16-26(24)37(4)25-12-10-11-23(29(25)41-6)30-34-20-36(3)35-30/h10-12,15-18,20H,7-9,13-14,19H2,1-6H3. The number of hydrogen-bond donors (Lipinski definition) is 0. The third kappa shape index (κ3) is 5.78. The van der Waals surface area contributed by atoms with Crippen molar-refractivity contribution >= 4 is 28.8 Å². The van der Waals surface area contributed by atoms with Gasteiger partial charge in [0, 0.05) is 52.6 Å². The lowest BCUT2D eigenvalue weighted by Crippen LogP contribution is -2.20. The van der Waals surface area contributed by atoms with E-state index < -0.39 is 0 Å². The van der Waals surface area contributed by atoms with E-state index in [1.807, 2.05) is 68.3 Å². The van der Waals surface area contributed by atoms with Crippen LogP contribution in [0.2, 0.25) is 0 Å². The van der Waals surface area contributed by atoms with Gasteiger partial charge in [0.2, 0.25) is 0 Å². The molecule has 0 saturated carbocycles. The number of Topliss-reactive ketones (excluding diaryl/α,β-unsaturated/α-hetero) is 1. The second kappa shape index (κ2) is 12.1. The molecule has 41 heavy (non-hydrogen) atoms. The number of ketones is 1. The number of carbonyl (C=O) groups excluding carboxylic acids is 1. The molecule has 1 fully saturated rings. The molecule has 0 atom stereocenters. The van der Waals surface area contributed by atoms with E-state index in [9.17, 15) is 4.79 Å². The quantitative estimate of drug-likeness (QED) is 0.242. The molecule has 10 heteroatoms. The molecular weight excluding hydrogens is 516 g/mol. The highest BCUT2D eigenvalue weighted by molar-refractivity contribution is 6.02. The molecule has 10 nitrogen and oxygen atoms in total. The van der Waals surface area contributed by atoms with Crippen molar-refractivity contribution in [3.05, 3.63) is 65.7 Å². The summed E-state index contributed by atoms with van der Waals surface area (Å²) in [5.41, 5.74) is 5.10. The van der Waals surface area contributed by atoms with E-state index in [1.165, 1.54) is 18.4 Å². The molecule has 0 amide bonds. The Kier molecular flexibility index (Phi) is 8.30. The van der Waals surface area contributed by atoms with Crippen LogP contribution in [0.5, 0.6) is 5.75 Å². The molecule has 0 unspecified atom stereocenters. The number of nitrogens with zero attached hydrogens (tertiary/aromatic N) is 8. The highest BCUT2D eigenvalue weighted by atomic mass is 16.5. The zero-order valence-electron chi connectivity index (χ0n) is 24.8. The van der Waals surface area contributed by atoms with Crippen LogP contribution < -0.4 is 14.5 Å². The van der Waals surface area contributed by atoms with Crippen LogP contribution in [0.3, 0.4) is 0 Å². The number of carbonyl (C=O) groups is 1. The lowest BCUT2D eigenvalue weighted by molar-refractivity contribution is 0.0988. The van der Waals surface area contributed by atoms with Gasteiger partial charge in [0.25, 0.3) is 0 Å². The van der Waals surface area contributed by atoms with Crippen molar-refractivity contribution < 1.29 is 9.53 Å². The summed E-state index contributed by atoms with van der Waals surface area (Å²) < 4.78 is 7.53. The number of ether oxygens (including phenoxy) is 1. The van der Waals surface area contributed by atoms with Crippen LogP contribution >= 0.6 is 0 Å². The fourth-order valence-electron chi connectivity index (χ4n) is 5.44. The Balaban J connectivity index is 1.51. The fourth-order valence-corrected chi connectivity index (χ4v) is 5.44. The van der Waals surface area contributed by atoms with Crippen molar-refractivity contribution in [1.82, 2.24) is 29.6 Å². The van der Waals surface area contributed by atoms with Gasteiger partial charge >= 0.3 is 0 Å². The van der Waals surface area contributed by atoms with Gasteiger partial charge in [-0.15, -0.1) is 0 Å². The first-order valence-corrected chi connectivity index (χ1v) is 14.0. The topological polar surface area (TPSA) is 92.5 Å². The molecule has 4 heterocycles. The van der Waals surface area contributed by atoms with Crippen molar-refractivity contribution in [1.29, 1.82) is 0 Å². The van der Waals surface area contributed by atoms with E-state index >= 15 is 0 Å². The number of anilines is 4. The van der Waals surface area contributed by atoms with Gasteiger partial charge < -0.3 is 14.5 Å². The zero-order chi connectivity index (χ0) is 29.1. The van der Waals surface area contributed by atoms with Crippen molar-refractivity contribution in [2.75, 3.05) is 44.1 Å². The molecule has 3 aromatic heterocycles. The van der Waals surface area contributed by atoms with Crippen LogP contribution in [0.1, 0.15) is 47.7 Å². The van der Waals surface area contributed by atoms with Crippen LogP contribution in [0.25, 0.3) is 11.4 Å². The molecule has 214 valence electrons. The van der Waals surface area contributed by atoms with E-state index in [1.54, 1.807) is 24.3 Å². The van der Waals surface area contributed by atoms with E-state index in [0.717, 1.165) is 48.0 Å². The molecule has 4 aromatic rings. The summed E-state index contributed by atoms with van der Waals surface area (Å²) in [6.07, 6.45) is 8.18. The van der Waals surface area contributed by atoms with Gasteiger partial charge in [-0.25, -0.2) is 15.0 Å². The number of likely N-dealkylation sites (tertiary alicyclic amines) is 1. The van der Waals surface area contributed by atoms with Gasteiger partial charge in [0.1, 0.15) is 18.0 Å². The Hall–Kier alpha value is -4.31. The second-order valence-corrected chi connectivity index (χ2v) is 10.5. The first-order chi connectivity index (χ1) is 19.8. The number of rotatable bonds is 10. The minimum Gasteiger partial charge on any atom is -0.494 e. The van der Waals surface area contributed by atoms with Crippen molar-refractivity contribution in [3.63, 3.8) is 0 Å². The first-order valence-electron chi connectivity index (χ1n) is 14.0. The molecule has 1 aromatic carbocycles. The summed E-state index contributed by atoms with van der Waals surface area (Å²) in [5, 5.41) is 4.46. The van der Waals surface area contributed by atoms with Crippen LogP contribution in [0.4, 0.5) is 23.0 Å². The summed E-state index contributed by atoms with van der Waals surface area (Å²) in [7, 11) is 7.34. The molecule has 5 rings (SSSR count). The minimum absolute atomic E-state index is 0.00985. The van der Waals surface area contributed by atoms with Crippen molar-refractivity contribution in [2.45, 2.75) is 39.7 Å². The predicted molar refractivity (Wildman–Crippen MR) is 161 cm³/mol. The number of methoxy groups -OCH3 is 1. The van der Waals surface area contributed by atoms with Crippen molar-refractivity contribution in [2.24, 2.45) is 7.05 Å². The summed E-state index contributed by atoms with van der Waals surface area (Å²) in [6.45, 7) is 7.16. The lowest BCUT2D eigenvalue weighted by Gasteiger charge is -2.27. The van der Waals surface area contributed by atoms with Gasteiger partial charge in [-0.1, -0.05) is 13.0 Å². The fraction of sp³-hybridized carbons (Fsp3) is 0.387. The largest absolute Gasteiger partial charge is 0.494 e. The van der Waals surface area contributed by atoms with Gasteiger partial charge in [-0.3, -0.25) is 14.4 Å². The second-order valence-electron chi connectivity index (χ2n) is 10.5. The molecule has 0 N–H and O–H groups in total. The monoisotopic (exact) mass is 554 g/mol. The Morgan fingerprint density at radius 3 is 2.46 bits per heavy atom. The molecule has 0 aliphatic carbocycles. The van der Waals surface area contributed by atoms with E-state index in [0.29, 0.717) is 29.4 Å². The molecule has 1 saturated heterocycles. The molecule has 1 aliphatic rings.